The topological polar surface area (TPSA) is 24.5 Å². The van der Waals surface area contributed by atoms with Crippen LogP contribution in [-0.4, -0.2) is 43.3 Å². The van der Waals surface area contributed by atoms with Crippen molar-refractivity contribution in [2.75, 3.05) is 32.8 Å². The van der Waals surface area contributed by atoms with Crippen molar-refractivity contribution < 1.29 is 4.74 Å². The minimum atomic E-state index is 0.0912. The number of rotatable bonds is 6. The minimum absolute atomic E-state index is 0.0912. The van der Waals surface area contributed by atoms with Crippen molar-refractivity contribution >= 4 is 22.9 Å². The van der Waals surface area contributed by atoms with Crippen LogP contribution in [-0.2, 0) is 4.74 Å². The maximum absolute atomic E-state index is 6.14. The van der Waals surface area contributed by atoms with Crippen LogP contribution in [0.1, 0.15) is 38.1 Å². The van der Waals surface area contributed by atoms with E-state index in [9.17, 15) is 0 Å². The Bertz CT molecular complexity index is 420. The molecule has 0 aliphatic carbocycles. The van der Waals surface area contributed by atoms with E-state index in [0.717, 1.165) is 43.6 Å². The second kappa shape index (κ2) is 7.23. The summed E-state index contributed by atoms with van der Waals surface area (Å²) >= 11 is 7.83. The van der Waals surface area contributed by atoms with Gasteiger partial charge in [0.25, 0.3) is 0 Å². The first-order valence-electron chi connectivity index (χ1n) is 7.43. The summed E-state index contributed by atoms with van der Waals surface area (Å²) in [7, 11) is 0. The molecule has 1 saturated heterocycles. The van der Waals surface area contributed by atoms with Gasteiger partial charge in [0, 0.05) is 23.5 Å². The minimum Gasteiger partial charge on any atom is -0.379 e. The van der Waals surface area contributed by atoms with Crippen molar-refractivity contribution in [3.63, 3.8) is 0 Å². The van der Waals surface area contributed by atoms with Gasteiger partial charge in [0.15, 0.2) is 0 Å². The van der Waals surface area contributed by atoms with Crippen LogP contribution in [0.4, 0.5) is 0 Å². The molecule has 20 heavy (non-hydrogen) atoms. The van der Waals surface area contributed by atoms with Crippen LogP contribution in [0, 0.1) is 0 Å². The second-order valence-corrected chi connectivity index (χ2v) is 7.19. The number of nitrogens with zero attached hydrogens (tertiary/aromatic N) is 1. The summed E-state index contributed by atoms with van der Waals surface area (Å²) in [4.78, 5) is 3.89. The molecule has 0 amide bonds. The molecule has 0 bridgehead atoms. The summed E-state index contributed by atoms with van der Waals surface area (Å²) < 4.78 is 6.37. The Kier molecular flexibility index (Phi) is 5.87. The van der Waals surface area contributed by atoms with Crippen molar-refractivity contribution in [2.24, 2.45) is 0 Å². The molecule has 2 heterocycles. The Hall–Kier alpha value is -0.130. The largest absolute Gasteiger partial charge is 0.379 e. The quantitative estimate of drug-likeness (QED) is 0.868. The SMILES string of the molecule is CCNC(c1ccc(Cl)s1)C(C)(CC)N1CCOCC1. The van der Waals surface area contributed by atoms with Gasteiger partial charge in [-0.2, -0.15) is 0 Å². The van der Waals surface area contributed by atoms with Crippen molar-refractivity contribution in [2.45, 2.75) is 38.8 Å². The van der Waals surface area contributed by atoms with Crippen LogP contribution in [0.2, 0.25) is 4.34 Å². The summed E-state index contributed by atoms with van der Waals surface area (Å²) in [6.45, 7) is 11.4. The molecule has 5 heteroatoms. The second-order valence-electron chi connectivity index (χ2n) is 5.44. The van der Waals surface area contributed by atoms with Crippen molar-refractivity contribution in [1.29, 1.82) is 0 Å². The fraction of sp³-hybridized carbons (Fsp3) is 0.733. The molecule has 1 aromatic heterocycles. The molecule has 1 fully saturated rings. The summed E-state index contributed by atoms with van der Waals surface area (Å²) in [6.07, 6.45) is 1.10. The third-order valence-electron chi connectivity index (χ3n) is 4.36. The van der Waals surface area contributed by atoms with Crippen LogP contribution in [0.3, 0.4) is 0 Å². The van der Waals surface area contributed by atoms with Gasteiger partial charge in [-0.25, -0.2) is 0 Å². The van der Waals surface area contributed by atoms with Gasteiger partial charge in [0.1, 0.15) is 0 Å². The Morgan fingerprint density at radius 2 is 2.10 bits per heavy atom. The Morgan fingerprint density at radius 1 is 1.40 bits per heavy atom. The molecular formula is C15H25ClN2OS. The Balaban J connectivity index is 2.27. The number of halogens is 1. The molecule has 0 radical (unpaired) electrons. The molecule has 1 aromatic rings. The zero-order valence-electron chi connectivity index (χ0n) is 12.6. The third kappa shape index (κ3) is 3.37. The summed E-state index contributed by atoms with van der Waals surface area (Å²) in [5, 5.41) is 3.67. The van der Waals surface area contributed by atoms with E-state index in [2.05, 4.69) is 37.1 Å². The van der Waals surface area contributed by atoms with Gasteiger partial charge in [-0.15, -0.1) is 11.3 Å². The average molecular weight is 317 g/mol. The first-order chi connectivity index (χ1) is 9.61. The molecule has 0 aromatic carbocycles. The van der Waals surface area contributed by atoms with E-state index < -0.39 is 0 Å². The van der Waals surface area contributed by atoms with Crippen LogP contribution in [0.5, 0.6) is 0 Å². The van der Waals surface area contributed by atoms with Gasteiger partial charge >= 0.3 is 0 Å². The lowest BCUT2D eigenvalue weighted by Crippen LogP contribution is -2.57. The van der Waals surface area contributed by atoms with Crippen molar-refractivity contribution in [3.8, 4) is 0 Å². The zero-order chi connectivity index (χ0) is 14.6. The maximum Gasteiger partial charge on any atom is 0.0931 e. The fourth-order valence-electron chi connectivity index (χ4n) is 3.00. The fourth-order valence-corrected chi connectivity index (χ4v) is 4.28. The van der Waals surface area contributed by atoms with E-state index in [-0.39, 0.29) is 5.54 Å². The van der Waals surface area contributed by atoms with E-state index in [1.807, 2.05) is 6.07 Å². The van der Waals surface area contributed by atoms with Gasteiger partial charge in [-0.1, -0.05) is 25.4 Å². The summed E-state index contributed by atoms with van der Waals surface area (Å²) in [6, 6.07) is 4.48. The van der Waals surface area contributed by atoms with Crippen molar-refractivity contribution in [1.82, 2.24) is 10.2 Å². The number of morpholine rings is 1. The number of likely N-dealkylation sites (N-methyl/N-ethyl adjacent to an activating group) is 1. The lowest BCUT2D eigenvalue weighted by Gasteiger charge is -2.47. The Morgan fingerprint density at radius 3 is 2.60 bits per heavy atom. The van der Waals surface area contributed by atoms with Gasteiger partial charge < -0.3 is 10.1 Å². The molecule has 0 spiro atoms. The maximum atomic E-state index is 6.14. The molecule has 1 N–H and O–H groups in total. The van der Waals surface area contributed by atoms with E-state index in [4.69, 9.17) is 16.3 Å². The number of hydrogen-bond donors (Lipinski definition) is 1. The number of ether oxygens (including phenoxy) is 1. The molecule has 1 aliphatic heterocycles. The first-order valence-corrected chi connectivity index (χ1v) is 8.62. The van der Waals surface area contributed by atoms with Gasteiger partial charge in [-0.05, 0) is 32.0 Å². The average Bonchev–Trinajstić information content (AvgIpc) is 2.91. The van der Waals surface area contributed by atoms with Crippen LogP contribution < -0.4 is 5.32 Å². The van der Waals surface area contributed by atoms with E-state index in [0.29, 0.717) is 6.04 Å². The van der Waals surface area contributed by atoms with E-state index in [1.54, 1.807) is 11.3 Å². The highest BCUT2D eigenvalue weighted by Crippen LogP contribution is 2.38. The highest BCUT2D eigenvalue weighted by molar-refractivity contribution is 7.16. The molecule has 2 rings (SSSR count). The first kappa shape index (κ1) is 16.2. The molecular weight excluding hydrogens is 292 g/mol. The molecule has 2 unspecified atom stereocenters. The predicted octanol–water partition coefficient (Wildman–Crippen LogP) is 3.55. The van der Waals surface area contributed by atoms with E-state index >= 15 is 0 Å². The number of thiophene rings is 1. The molecule has 0 saturated carbocycles. The van der Waals surface area contributed by atoms with Crippen LogP contribution in [0.25, 0.3) is 0 Å². The summed E-state index contributed by atoms with van der Waals surface area (Å²) in [5.41, 5.74) is 0.0912. The van der Waals surface area contributed by atoms with E-state index in [1.165, 1.54) is 4.88 Å². The van der Waals surface area contributed by atoms with Crippen LogP contribution in [0.15, 0.2) is 12.1 Å². The molecule has 2 atom stereocenters. The number of hydrogen-bond acceptors (Lipinski definition) is 4. The highest BCUT2D eigenvalue weighted by atomic mass is 35.5. The zero-order valence-corrected chi connectivity index (χ0v) is 14.2. The smallest absolute Gasteiger partial charge is 0.0931 e. The van der Waals surface area contributed by atoms with Gasteiger partial charge in [0.05, 0.1) is 23.6 Å². The highest BCUT2D eigenvalue weighted by Gasteiger charge is 2.40. The number of nitrogens with one attached hydrogen (secondary N) is 1. The molecule has 1 aliphatic rings. The monoisotopic (exact) mass is 316 g/mol. The van der Waals surface area contributed by atoms with Gasteiger partial charge in [-0.3, -0.25) is 4.90 Å². The Labute approximate surface area is 131 Å². The molecule has 3 nitrogen and oxygen atoms in total. The lowest BCUT2D eigenvalue weighted by molar-refractivity contribution is -0.0322. The van der Waals surface area contributed by atoms with Crippen molar-refractivity contribution in [3.05, 3.63) is 21.3 Å². The third-order valence-corrected chi connectivity index (χ3v) is 5.65. The lowest BCUT2D eigenvalue weighted by atomic mass is 9.85. The molecule has 114 valence electrons. The summed E-state index contributed by atoms with van der Waals surface area (Å²) in [5.74, 6) is 0. The van der Waals surface area contributed by atoms with Gasteiger partial charge in [0.2, 0.25) is 0 Å². The standard InChI is InChI=1S/C15H25ClN2OS/c1-4-15(3,18-8-10-19-11-9-18)14(17-5-2)12-6-7-13(16)20-12/h6-7,14,17H,4-5,8-11H2,1-3H3. The normalized spacial score (nSPS) is 21.6. The predicted molar refractivity (Wildman–Crippen MR) is 86.8 cm³/mol. The van der Waals surface area contributed by atoms with Crippen LogP contribution >= 0.6 is 22.9 Å².